The molecule has 0 atom stereocenters. The van der Waals surface area contributed by atoms with E-state index in [1.54, 1.807) is 59.3 Å². The molecule has 0 saturated heterocycles. The quantitative estimate of drug-likeness (QED) is 0.148. The SMILES string of the molecule is C.C.C.C.Cc1ccc2cc3sc4c(-c5ccccc5C)[n+](C)ccc4c3cc2c1.Cc1ccccc1-c1c2sc3cc4ccccc4cc3c2cc[n+]1C.[2H]C([2H])([2H])c1ccc(-c2c3sc4c5ccc(C6([2H])CCCC6)cc5ccc4c3c(C([2H])([2H])[2H])c[n+]2C)c(C)c1.[2H]C([2H])([2H])c1ccc(-c2c3sc4c5ccc(C6([2H])CCCCC6)cc5ccc4c3c(C([2H])([2H])[2H])c[n+]2C)c(C)c1. The molecule has 22 rings (SSSR count). The maximum absolute atomic E-state index is 9.11. The Kier molecular flexibility index (Phi) is 19.4. The molecule has 2 fully saturated rings. The monoisotopic (exact) mass is 1660 g/mol. The lowest BCUT2D eigenvalue weighted by atomic mass is 9.83. The smallest absolute Gasteiger partial charge is 0.200 e. The van der Waals surface area contributed by atoms with E-state index >= 15 is 0 Å². The van der Waals surface area contributed by atoms with Gasteiger partial charge in [0.15, 0.2) is 24.8 Å². The highest BCUT2D eigenvalue weighted by Gasteiger charge is 2.29. The average molecular weight is 1660 g/mol. The Morgan fingerprint density at radius 3 is 1.12 bits per heavy atom. The van der Waals surface area contributed by atoms with Gasteiger partial charge in [-0.2, -0.15) is 18.3 Å². The second-order valence-electron chi connectivity index (χ2n) is 32.2. The zero-order valence-electron chi connectivity index (χ0n) is 81.0. The Hall–Kier alpha value is -10.8. The summed E-state index contributed by atoms with van der Waals surface area (Å²) in [4.78, 5) is 0. The predicted octanol–water partition coefficient (Wildman–Crippen LogP) is 31.8. The minimum absolute atomic E-state index is 0. The number of hydrogen-bond acceptors (Lipinski definition) is 4. The van der Waals surface area contributed by atoms with Crippen LogP contribution in [0.15, 0.2) is 249 Å². The van der Waals surface area contributed by atoms with Gasteiger partial charge in [0.25, 0.3) is 0 Å². The van der Waals surface area contributed by atoms with Crippen molar-refractivity contribution in [2.45, 2.75) is 161 Å². The Bertz CT molecular complexity index is 8010. The van der Waals surface area contributed by atoms with Gasteiger partial charge in [-0.3, -0.25) is 0 Å². The molecule has 8 heterocycles. The number of aromatic nitrogens is 4. The summed E-state index contributed by atoms with van der Waals surface area (Å²) in [5, 5.41) is 18.2. The third-order valence-electron chi connectivity index (χ3n) is 24.4. The minimum atomic E-state index is -2.31. The van der Waals surface area contributed by atoms with Gasteiger partial charge in [-0.05, 0) is 224 Å². The van der Waals surface area contributed by atoms with Gasteiger partial charge >= 0.3 is 0 Å². The summed E-state index contributed by atoms with van der Waals surface area (Å²) in [6.07, 6.45) is 16.8. The van der Waals surface area contributed by atoms with E-state index in [2.05, 4.69) is 232 Å². The molecule has 120 heavy (non-hydrogen) atoms. The van der Waals surface area contributed by atoms with Crippen LogP contribution in [0.5, 0.6) is 0 Å². The molecule has 8 heteroatoms. The van der Waals surface area contributed by atoms with E-state index in [0.717, 1.165) is 158 Å². The molecule has 0 N–H and O–H groups in total. The van der Waals surface area contributed by atoms with Crippen molar-refractivity contribution in [1.82, 2.24) is 0 Å². The first-order valence-electron chi connectivity index (χ1n) is 47.4. The molecule has 2 saturated carbocycles. The van der Waals surface area contributed by atoms with Crippen molar-refractivity contribution in [2.75, 3.05) is 0 Å². The third kappa shape index (κ3) is 15.2. The number of pyridine rings is 4. The maximum Gasteiger partial charge on any atom is 0.230 e. The Morgan fingerprint density at radius 1 is 0.283 bits per heavy atom. The van der Waals surface area contributed by atoms with E-state index in [9.17, 15) is 0 Å². The zero-order chi connectivity index (χ0) is 91.3. The van der Waals surface area contributed by atoms with Crippen molar-refractivity contribution >= 4 is 169 Å². The number of benzene rings is 12. The van der Waals surface area contributed by atoms with Gasteiger partial charge in [0.2, 0.25) is 22.8 Å². The molecule has 0 aliphatic heterocycles. The van der Waals surface area contributed by atoms with Crippen LogP contribution in [0.25, 0.3) is 169 Å². The molecule has 0 spiro atoms. The Morgan fingerprint density at radius 2 is 0.675 bits per heavy atom. The van der Waals surface area contributed by atoms with E-state index < -0.39 is 39.2 Å². The molecule has 8 aromatic heterocycles. The number of nitrogens with zero attached hydrogens (tertiary/aromatic N) is 4. The first-order chi connectivity index (χ1) is 61.9. The van der Waals surface area contributed by atoms with Crippen molar-refractivity contribution in [3.05, 3.63) is 310 Å². The number of rotatable bonds is 6. The van der Waals surface area contributed by atoms with Gasteiger partial charge in [-0.1, -0.05) is 242 Å². The van der Waals surface area contributed by atoms with Crippen LogP contribution < -0.4 is 18.3 Å². The first-order valence-corrected chi connectivity index (χ1v) is 43.7. The molecule has 12 aromatic carbocycles. The molecular formula is C112H116N4S4+4. The van der Waals surface area contributed by atoms with Gasteiger partial charge in [0.1, 0.15) is 47.0 Å². The topological polar surface area (TPSA) is 15.5 Å². The molecule has 0 unspecified atom stereocenters. The van der Waals surface area contributed by atoms with Gasteiger partial charge in [-0.15, -0.1) is 45.3 Å². The zero-order valence-corrected chi connectivity index (χ0v) is 70.2. The fourth-order valence-electron chi connectivity index (χ4n) is 18.5. The van der Waals surface area contributed by atoms with E-state index in [0.29, 0.717) is 11.1 Å². The number of fused-ring (bicyclic) bond motifs is 18. The second kappa shape index (κ2) is 34.3. The highest BCUT2D eigenvalue weighted by atomic mass is 32.1. The lowest BCUT2D eigenvalue weighted by Crippen LogP contribution is -2.31. The summed E-state index contributed by atoms with van der Waals surface area (Å²) in [5.41, 5.74) is 17.6. The summed E-state index contributed by atoms with van der Waals surface area (Å²) >= 11 is 6.98. The number of aryl methyl sites for hydroxylation is 13. The van der Waals surface area contributed by atoms with Crippen molar-refractivity contribution < 1.29 is 37.5 Å². The van der Waals surface area contributed by atoms with Crippen LogP contribution >= 0.6 is 45.3 Å². The minimum Gasteiger partial charge on any atom is -0.200 e. The summed E-state index contributed by atoms with van der Waals surface area (Å²) < 4.78 is 132. The number of thiophene rings is 4. The fourth-order valence-corrected chi connectivity index (χ4v) is 24.0. The van der Waals surface area contributed by atoms with Crippen LogP contribution in [0.2, 0.25) is 0 Å². The van der Waals surface area contributed by atoms with Crippen molar-refractivity contribution in [2.24, 2.45) is 28.2 Å². The van der Waals surface area contributed by atoms with E-state index in [1.165, 1.54) is 108 Å². The van der Waals surface area contributed by atoms with Crippen LogP contribution in [0.3, 0.4) is 0 Å². The second-order valence-corrected chi connectivity index (χ2v) is 36.3. The predicted molar refractivity (Wildman–Crippen MR) is 530 cm³/mol. The molecule has 20 aromatic rings. The lowest BCUT2D eigenvalue weighted by Gasteiger charge is -2.22. The summed E-state index contributed by atoms with van der Waals surface area (Å²) in [5.74, 6) is -1.08. The average Bonchev–Trinajstić information content (AvgIpc) is 1.58. The van der Waals surface area contributed by atoms with E-state index in [4.69, 9.17) is 19.2 Å². The molecule has 0 bridgehead atoms. The molecule has 604 valence electrons. The van der Waals surface area contributed by atoms with E-state index in [-0.39, 0.29) is 40.8 Å². The van der Waals surface area contributed by atoms with Crippen LogP contribution in [0.1, 0.15) is 180 Å². The Balaban J connectivity index is 0.000000137. The fraction of sp³-hybridized carbons (Fsp3) is 0.250. The summed E-state index contributed by atoms with van der Waals surface area (Å²) in [6.45, 7) is 1.34. The van der Waals surface area contributed by atoms with Crippen molar-refractivity contribution in [3.63, 3.8) is 0 Å². The van der Waals surface area contributed by atoms with Crippen molar-refractivity contribution in [1.29, 1.82) is 0 Å². The number of hydrogen-bond donors (Lipinski definition) is 0. The van der Waals surface area contributed by atoms with Crippen LogP contribution in [0.4, 0.5) is 0 Å². The van der Waals surface area contributed by atoms with Crippen LogP contribution in [-0.2, 0) is 28.2 Å². The molecular weight excluding hydrogens is 1530 g/mol. The van der Waals surface area contributed by atoms with E-state index in [1.807, 2.05) is 84.0 Å². The molecule has 0 amide bonds. The van der Waals surface area contributed by atoms with Gasteiger partial charge in [0, 0.05) is 104 Å². The largest absolute Gasteiger partial charge is 0.230 e. The highest BCUT2D eigenvalue weighted by molar-refractivity contribution is 7.28. The van der Waals surface area contributed by atoms with Crippen LogP contribution in [0, 0.1) is 62.0 Å². The van der Waals surface area contributed by atoms with Crippen molar-refractivity contribution in [3.8, 4) is 45.0 Å². The summed E-state index contributed by atoms with van der Waals surface area (Å²) in [7, 11) is 7.99. The molecule has 2 aliphatic rings. The summed E-state index contributed by atoms with van der Waals surface area (Å²) in [6, 6.07) is 77.7. The lowest BCUT2D eigenvalue weighted by molar-refractivity contribution is -0.659. The highest BCUT2D eigenvalue weighted by Crippen LogP contribution is 2.49. The Labute approximate surface area is 746 Å². The van der Waals surface area contributed by atoms with Gasteiger partial charge in [-0.25, -0.2) is 0 Å². The standard InChI is InChI=1S/C31H32NS.C30H30NS.C24H20NS.C23H18NS.4CH4/c1-19-10-13-25(20(2)16-19)29-31-28(21(3)18-32(29)4)27-15-12-24-17-23(22-8-6-5-7-9-22)11-14-26(24)30(27)33-31;1-18-9-12-24(19(2)15-18)28-30-27(20(3)17-31(28)4)26-14-11-23-16-22(21-7-5-6-8-21)10-13-25(23)29(26)32-30;1-15-8-9-17-14-22-21(13-18(17)12-15)20-10-11-25(3)23(24(20)26-22)19-7-5-4-6-16(19)2;1-15-7-3-6-10-18(15)22-23-19(11-12-24(22)2)20-13-16-8-4-5-9-17(16)14-21(20)25-23;;;;/h10-18,22H,5-9H2,1-4H3;9-17,21H,5-8H2,1-4H3;4-14H,1-3H3;3-14H,1-2H3;4*1H4/q4*+1;;;;/i1D3,3D3,22D;1D3,3D3,21D;;;;;;. The molecule has 2 aliphatic carbocycles. The molecule has 0 radical (unpaired) electrons. The third-order valence-corrected chi connectivity index (χ3v) is 29.2. The van der Waals surface area contributed by atoms with Crippen LogP contribution in [-0.4, -0.2) is 0 Å². The molecule has 4 nitrogen and oxygen atoms in total. The van der Waals surface area contributed by atoms with Gasteiger partial charge < -0.3 is 0 Å². The first kappa shape index (κ1) is 67.9. The van der Waals surface area contributed by atoms with Gasteiger partial charge in [0.05, 0.1) is 22.3 Å². The normalized spacial score (nSPS) is 15.7. The maximum atomic E-state index is 9.11.